The molecule has 4 heteroatoms. The smallest absolute Gasteiger partial charge is 0.255 e. The highest BCUT2D eigenvalue weighted by atomic mass is 16.5. The van der Waals surface area contributed by atoms with E-state index < -0.39 is 0 Å². The van der Waals surface area contributed by atoms with Gasteiger partial charge in [0.05, 0.1) is 18.7 Å². The van der Waals surface area contributed by atoms with Gasteiger partial charge in [0, 0.05) is 6.54 Å². The molecule has 0 saturated carbocycles. The molecule has 3 aromatic rings. The van der Waals surface area contributed by atoms with Crippen molar-refractivity contribution in [3.05, 3.63) is 77.9 Å². The average Bonchev–Trinajstić information content (AvgIpc) is 2.67. The molecule has 134 valence electrons. The van der Waals surface area contributed by atoms with Crippen molar-refractivity contribution in [2.75, 3.05) is 27.7 Å². The summed E-state index contributed by atoms with van der Waals surface area (Å²) >= 11 is 0. The van der Waals surface area contributed by atoms with E-state index in [2.05, 4.69) is 22.3 Å². The first kappa shape index (κ1) is 18.0. The Morgan fingerprint density at radius 1 is 1.00 bits per heavy atom. The predicted octanol–water partition coefficient (Wildman–Crippen LogP) is 3.88. The van der Waals surface area contributed by atoms with Crippen molar-refractivity contribution in [2.45, 2.75) is 6.04 Å². The summed E-state index contributed by atoms with van der Waals surface area (Å²) in [6.45, 7) is 0.520. The predicted molar refractivity (Wildman–Crippen MR) is 106 cm³/mol. The number of nitrogens with zero attached hydrogens (tertiary/aromatic N) is 1. The van der Waals surface area contributed by atoms with Gasteiger partial charge >= 0.3 is 0 Å². The van der Waals surface area contributed by atoms with Gasteiger partial charge in [-0.15, -0.1) is 0 Å². The molecule has 4 nitrogen and oxygen atoms in total. The standard InChI is InChI=1S/C22H24N2O2/c1-24(2)20(16-9-5-4-6-10-16)15-23-22(25)19-13-17-11-7-8-12-18(17)14-21(19)26-3/h4-14,20H,15H2,1-3H3,(H,23,25)/t20-/m0/s1. The number of nitrogens with one attached hydrogen (secondary N) is 1. The second-order valence-corrected chi connectivity index (χ2v) is 6.50. The fourth-order valence-electron chi connectivity index (χ4n) is 3.12. The zero-order valence-corrected chi connectivity index (χ0v) is 15.4. The van der Waals surface area contributed by atoms with E-state index >= 15 is 0 Å². The summed E-state index contributed by atoms with van der Waals surface area (Å²) in [5.74, 6) is 0.456. The molecule has 0 aliphatic heterocycles. The fraction of sp³-hybridized carbons (Fsp3) is 0.227. The monoisotopic (exact) mass is 348 g/mol. The fourth-order valence-corrected chi connectivity index (χ4v) is 3.12. The average molecular weight is 348 g/mol. The normalized spacial score (nSPS) is 12.2. The number of ether oxygens (including phenoxy) is 1. The van der Waals surface area contributed by atoms with Gasteiger partial charge in [0.15, 0.2) is 0 Å². The van der Waals surface area contributed by atoms with Crippen molar-refractivity contribution in [1.82, 2.24) is 10.2 Å². The lowest BCUT2D eigenvalue weighted by Crippen LogP contribution is -2.34. The van der Waals surface area contributed by atoms with Crippen LogP contribution >= 0.6 is 0 Å². The lowest BCUT2D eigenvalue weighted by atomic mass is 10.0. The van der Waals surface area contributed by atoms with E-state index in [1.54, 1.807) is 7.11 Å². The first-order chi connectivity index (χ1) is 12.6. The van der Waals surface area contributed by atoms with Gasteiger partial charge in [-0.05, 0) is 42.6 Å². The van der Waals surface area contributed by atoms with Crippen LogP contribution in [0.25, 0.3) is 10.8 Å². The number of benzene rings is 3. The maximum Gasteiger partial charge on any atom is 0.255 e. The lowest BCUT2D eigenvalue weighted by molar-refractivity contribution is 0.0939. The molecule has 1 amide bonds. The summed E-state index contributed by atoms with van der Waals surface area (Å²) in [6.07, 6.45) is 0. The minimum absolute atomic E-state index is 0.103. The summed E-state index contributed by atoms with van der Waals surface area (Å²) in [5.41, 5.74) is 1.72. The van der Waals surface area contributed by atoms with E-state index in [0.29, 0.717) is 17.9 Å². The van der Waals surface area contributed by atoms with Crippen LogP contribution in [0.4, 0.5) is 0 Å². The molecular formula is C22H24N2O2. The largest absolute Gasteiger partial charge is 0.496 e. The molecule has 1 N–H and O–H groups in total. The van der Waals surface area contributed by atoms with Crippen molar-refractivity contribution in [3.63, 3.8) is 0 Å². The number of rotatable bonds is 6. The van der Waals surface area contributed by atoms with Gasteiger partial charge in [0.25, 0.3) is 5.91 Å². The number of fused-ring (bicyclic) bond motifs is 1. The third-order valence-corrected chi connectivity index (χ3v) is 4.58. The Morgan fingerprint density at radius 2 is 1.62 bits per heavy atom. The van der Waals surface area contributed by atoms with Crippen molar-refractivity contribution in [1.29, 1.82) is 0 Å². The van der Waals surface area contributed by atoms with Crippen LogP contribution in [0.15, 0.2) is 66.7 Å². The summed E-state index contributed by atoms with van der Waals surface area (Å²) < 4.78 is 5.44. The Balaban J connectivity index is 1.82. The molecule has 0 radical (unpaired) electrons. The summed E-state index contributed by atoms with van der Waals surface area (Å²) in [4.78, 5) is 14.9. The van der Waals surface area contributed by atoms with Crippen LogP contribution in [-0.2, 0) is 0 Å². The molecule has 3 rings (SSSR count). The zero-order chi connectivity index (χ0) is 18.5. The van der Waals surface area contributed by atoms with Crippen LogP contribution < -0.4 is 10.1 Å². The number of carbonyl (C=O) groups excluding carboxylic acids is 1. The van der Waals surface area contributed by atoms with Gasteiger partial charge in [0.1, 0.15) is 5.75 Å². The molecule has 0 heterocycles. The third-order valence-electron chi connectivity index (χ3n) is 4.58. The molecule has 0 unspecified atom stereocenters. The SMILES string of the molecule is COc1cc2ccccc2cc1C(=O)NC[C@@H](c1ccccc1)N(C)C. The van der Waals surface area contributed by atoms with Crippen LogP contribution in [0.3, 0.4) is 0 Å². The number of methoxy groups -OCH3 is 1. The Hall–Kier alpha value is -2.85. The van der Waals surface area contributed by atoms with Crippen molar-refractivity contribution >= 4 is 16.7 Å². The molecule has 1 atom stereocenters. The summed E-state index contributed by atoms with van der Waals surface area (Å²) in [5, 5.41) is 5.13. The summed E-state index contributed by atoms with van der Waals surface area (Å²) in [7, 11) is 5.62. The highest BCUT2D eigenvalue weighted by Crippen LogP contribution is 2.26. The van der Waals surface area contributed by atoms with Crippen LogP contribution in [0.5, 0.6) is 5.75 Å². The van der Waals surface area contributed by atoms with E-state index in [1.165, 1.54) is 5.56 Å². The lowest BCUT2D eigenvalue weighted by Gasteiger charge is -2.25. The van der Waals surface area contributed by atoms with Gasteiger partial charge < -0.3 is 15.0 Å². The minimum atomic E-state index is -0.129. The molecule has 26 heavy (non-hydrogen) atoms. The molecule has 0 saturated heterocycles. The number of hydrogen-bond acceptors (Lipinski definition) is 3. The molecule has 0 spiro atoms. The van der Waals surface area contributed by atoms with E-state index in [-0.39, 0.29) is 11.9 Å². The zero-order valence-electron chi connectivity index (χ0n) is 15.4. The maximum absolute atomic E-state index is 12.8. The second kappa shape index (κ2) is 8.02. The second-order valence-electron chi connectivity index (χ2n) is 6.50. The first-order valence-electron chi connectivity index (χ1n) is 8.66. The molecule has 0 bridgehead atoms. The number of amides is 1. The van der Waals surface area contributed by atoms with E-state index in [0.717, 1.165) is 10.8 Å². The Morgan fingerprint density at radius 3 is 2.23 bits per heavy atom. The highest BCUT2D eigenvalue weighted by Gasteiger charge is 2.18. The van der Waals surface area contributed by atoms with Crippen molar-refractivity contribution in [2.24, 2.45) is 0 Å². The molecule has 3 aromatic carbocycles. The van der Waals surface area contributed by atoms with Gasteiger partial charge in [0.2, 0.25) is 0 Å². The molecule has 0 aromatic heterocycles. The third kappa shape index (κ3) is 3.86. The topological polar surface area (TPSA) is 41.6 Å². The van der Waals surface area contributed by atoms with Gasteiger partial charge in [-0.3, -0.25) is 4.79 Å². The van der Waals surface area contributed by atoms with Gasteiger partial charge in [-0.2, -0.15) is 0 Å². The quantitative estimate of drug-likeness (QED) is 0.735. The maximum atomic E-state index is 12.8. The van der Waals surface area contributed by atoms with E-state index in [1.807, 2.05) is 68.7 Å². The van der Waals surface area contributed by atoms with Crippen molar-refractivity contribution < 1.29 is 9.53 Å². The van der Waals surface area contributed by atoms with E-state index in [9.17, 15) is 4.79 Å². The molecule has 0 aliphatic rings. The summed E-state index contributed by atoms with van der Waals surface area (Å²) in [6, 6.07) is 22.0. The molecular weight excluding hydrogens is 324 g/mol. The van der Waals surface area contributed by atoms with Crippen LogP contribution in [0.2, 0.25) is 0 Å². The minimum Gasteiger partial charge on any atom is -0.496 e. The molecule has 0 fully saturated rings. The van der Waals surface area contributed by atoms with Crippen LogP contribution in [0, 0.1) is 0 Å². The van der Waals surface area contributed by atoms with Crippen LogP contribution in [-0.4, -0.2) is 38.6 Å². The number of carbonyl (C=O) groups is 1. The number of likely N-dealkylation sites (N-methyl/N-ethyl adjacent to an activating group) is 1. The van der Waals surface area contributed by atoms with Crippen LogP contribution in [0.1, 0.15) is 22.0 Å². The van der Waals surface area contributed by atoms with Crippen molar-refractivity contribution in [3.8, 4) is 5.75 Å². The Kier molecular flexibility index (Phi) is 5.54. The van der Waals surface area contributed by atoms with E-state index in [4.69, 9.17) is 4.74 Å². The Bertz CT molecular complexity index is 891. The number of hydrogen-bond donors (Lipinski definition) is 1. The molecule has 0 aliphatic carbocycles. The first-order valence-corrected chi connectivity index (χ1v) is 8.66. The van der Waals surface area contributed by atoms with Gasteiger partial charge in [-0.25, -0.2) is 0 Å². The Labute approximate surface area is 154 Å². The highest BCUT2D eigenvalue weighted by molar-refractivity contribution is 6.01. The van der Waals surface area contributed by atoms with Gasteiger partial charge in [-0.1, -0.05) is 54.6 Å².